The van der Waals surface area contributed by atoms with Gasteiger partial charge in [0.2, 0.25) is 0 Å². The van der Waals surface area contributed by atoms with Crippen molar-refractivity contribution in [3.63, 3.8) is 0 Å². The quantitative estimate of drug-likeness (QED) is 0.317. The summed E-state index contributed by atoms with van der Waals surface area (Å²) in [6, 6.07) is 23.3. The number of unbranched alkanes of at least 4 members (excludes halogenated alkanes) is 3. The predicted octanol–water partition coefficient (Wildman–Crippen LogP) is 5.59. The Morgan fingerprint density at radius 3 is 1.93 bits per heavy atom. The summed E-state index contributed by atoms with van der Waals surface area (Å²) in [6.45, 7) is 8.91. The van der Waals surface area contributed by atoms with Gasteiger partial charge < -0.3 is 4.43 Å². The molecule has 3 heteroatoms. The number of benzene rings is 2. The lowest BCUT2D eigenvalue weighted by Crippen LogP contribution is -2.67. The zero-order valence-corrected chi connectivity index (χ0v) is 18.7. The van der Waals surface area contributed by atoms with Crippen LogP contribution in [0.1, 0.15) is 53.4 Å². The van der Waals surface area contributed by atoms with Crippen LogP contribution in [0.5, 0.6) is 0 Å². The van der Waals surface area contributed by atoms with E-state index in [-0.39, 0.29) is 5.04 Å². The normalized spacial score (nSPS) is 13.4. The maximum Gasteiger partial charge on any atom is 0.263 e. The molecule has 0 saturated heterocycles. The zero-order chi connectivity index (χ0) is 20.5. The van der Waals surface area contributed by atoms with Crippen LogP contribution in [0.2, 0.25) is 5.04 Å². The summed E-state index contributed by atoms with van der Waals surface area (Å²) >= 11 is 0. The van der Waals surface area contributed by atoms with Gasteiger partial charge in [0.05, 0.1) is 6.07 Å². The van der Waals surface area contributed by atoms with Gasteiger partial charge in [-0.3, -0.25) is 0 Å². The number of rotatable bonds is 9. The lowest BCUT2D eigenvalue weighted by atomic mass is 10.2. The first-order valence-corrected chi connectivity index (χ1v) is 12.2. The molecule has 28 heavy (non-hydrogen) atoms. The molecule has 2 rings (SSSR count). The second kappa shape index (κ2) is 10.4. The van der Waals surface area contributed by atoms with Crippen LogP contribution < -0.4 is 10.4 Å². The van der Waals surface area contributed by atoms with Gasteiger partial charge in [0.1, 0.15) is 0 Å². The fourth-order valence-corrected chi connectivity index (χ4v) is 8.25. The van der Waals surface area contributed by atoms with Crippen LogP contribution in [0.4, 0.5) is 0 Å². The van der Waals surface area contributed by atoms with Gasteiger partial charge in [-0.2, -0.15) is 5.26 Å². The Kier molecular flexibility index (Phi) is 8.23. The molecule has 0 fully saturated rings. The number of nitriles is 1. The first-order valence-electron chi connectivity index (χ1n) is 10.3. The van der Waals surface area contributed by atoms with Gasteiger partial charge in [-0.25, -0.2) is 0 Å². The smallest absolute Gasteiger partial charge is 0.263 e. The topological polar surface area (TPSA) is 33.0 Å². The van der Waals surface area contributed by atoms with Crippen molar-refractivity contribution in [1.82, 2.24) is 0 Å². The highest BCUT2D eigenvalue weighted by Crippen LogP contribution is 2.37. The first-order chi connectivity index (χ1) is 13.5. The van der Waals surface area contributed by atoms with E-state index in [1.807, 2.05) is 18.2 Å². The average molecular weight is 392 g/mol. The largest absolute Gasteiger partial charge is 0.389 e. The Balaban J connectivity index is 2.48. The van der Waals surface area contributed by atoms with Crippen LogP contribution in [0.15, 0.2) is 72.8 Å². The molecule has 0 spiro atoms. The van der Waals surface area contributed by atoms with Crippen molar-refractivity contribution in [3.05, 3.63) is 72.8 Å². The van der Waals surface area contributed by atoms with E-state index in [0.29, 0.717) is 0 Å². The summed E-state index contributed by atoms with van der Waals surface area (Å²) < 4.78 is 6.82. The second-order valence-electron chi connectivity index (χ2n) is 8.25. The summed E-state index contributed by atoms with van der Waals surface area (Å²) in [4.78, 5) is 0. The highest BCUT2D eigenvalue weighted by atomic mass is 28.4. The fourth-order valence-electron chi connectivity index (χ4n) is 3.72. The molecule has 2 nitrogen and oxygen atoms in total. The molecule has 0 amide bonds. The number of nitrogens with zero attached hydrogens (tertiary/aromatic N) is 1. The summed E-state index contributed by atoms with van der Waals surface area (Å²) in [5, 5.41) is 12.1. The third kappa shape index (κ3) is 5.22. The van der Waals surface area contributed by atoms with Crippen molar-refractivity contribution in [2.24, 2.45) is 0 Å². The molecule has 0 N–H and O–H groups in total. The van der Waals surface area contributed by atoms with Gasteiger partial charge in [-0.05, 0) is 34.3 Å². The van der Waals surface area contributed by atoms with Crippen LogP contribution in [0.25, 0.3) is 0 Å². The predicted molar refractivity (Wildman–Crippen MR) is 121 cm³/mol. The van der Waals surface area contributed by atoms with Gasteiger partial charge in [-0.1, -0.05) is 107 Å². The van der Waals surface area contributed by atoms with Gasteiger partial charge in [0.15, 0.2) is 6.10 Å². The Bertz CT molecular complexity index is 732. The van der Waals surface area contributed by atoms with Gasteiger partial charge >= 0.3 is 0 Å². The lowest BCUT2D eigenvalue weighted by Gasteiger charge is -2.43. The molecule has 0 aromatic heterocycles. The summed E-state index contributed by atoms with van der Waals surface area (Å²) in [5.41, 5.74) is 0. The Morgan fingerprint density at radius 2 is 1.50 bits per heavy atom. The maximum absolute atomic E-state index is 9.85. The fraction of sp³-hybridized carbons (Fsp3) is 0.400. The molecular weight excluding hydrogens is 358 g/mol. The Hall–Kier alpha value is -2.15. The van der Waals surface area contributed by atoms with Gasteiger partial charge in [0, 0.05) is 0 Å². The van der Waals surface area contributed by atoms with Crippen molar-refractivity contribution in [3.8, 4) is 6.07 Å². The van der Waals surface area contributed by atoms with E-state index < -0.39 is 14.4 Å². The van der Waals surface area contributed by atoms with E-state index in [1.165, 1.54) is 23.2 Å². The average Bonchev–Trinajstić information content (AvgIpc) is 2.70. The highest BCUT2D eigenvalue weighted by molar-refractivity contribution is 6.99. The van der Waals surface area contributed by atoms with Gasteiger partial charge in [0.25, 0.3) is 8.32 Å². The van der Waals surface area contributed by atoms with Crippen LogP contribution in [0, 0.1) is 11.3 Å². The minimum Gasteiger partial charge on any atom is -0.389 e. The molecule has 0 bridgehead atoms. The monoisotopic (exact) mass is 391 g/mol. The van der Waals surface area contributed by atoms with E-state index >= 15 is 0 Å². The third-order valence-corrected chi connectivity index (χ3v) is 10.1. The molecule has 2 aromatic rings. The first kappa shape index (κ1) is 22.1. The lowest BCUT2D eigenvalue weighted by molar-refractivity contribution is 0.282. The van der Waals surface area contributed by atoms with Crippen molar-refractivity contribution >= 4 is 18.7 Å². The molecule has 0 heterocycles. The zero-order valence-electron chi connectivity index (χ0n) is 17.7. The summed E-state index contributed by atoms with van der Waals surface area (Å²) in [6.07, 6.45) is 8.09. The van der Waals surface area contributed by atoms with Crippen LogP contribution >= 0.6 is 0 Å². The van der Waals surface area contributed by atoms with Crippen molar-refractivity contribution in [2.45, 2.75) is 64.5 Å². The molecule has 0 aliphatic heterocycles. The van der Waals surface area contributed by atoms with Crippen molar-refractivity contribution in [2.75, 3.05) is 0 Å². The summed E-state index contributed by atoms with van der Waals surface area (Å²) in [7, 11) is -2.68. The molecule has 0 aliphatic carbocycles. The Morgan fingerprint density at radius 1 is 0.964 bits per heavy atom. The molecule has 0 saturated carbocycles. The number of allylic oxidation sites excluding steroid dienone is 1. The molecule has 2 aromatic carbocycles. The number of hydrogen-bond donors (Lipinski definition) is 0. The van der Waals surface area contributed by atoms with E-state index in [1.54, 1.807) is 0 Å². The minimum absolute atomic E-state index is 0.124. The maximum atomic E-state index is 9.85. The molecule has 0 unspecified atom stereocenters. The van der Waals surface area contributed by atoms with Crippen molar-refractivity contribution in [1.29, 1.82) is 5.26 Å². The standard InChI is InChI=1S/C25H33NOSi/c1-5-6-7-8-11-16-22(21-26)27-28(25(2,3)4,23-17-12-9-13-18-23)24-19-14-10-15-20-24/h9-20,22H,5-8H2,1-4H3/b16-11+/t22-/m0/s1. The van der Waals surface area contributed by atoms with Crippen LogP contribution in [0.3, 0.4) is 0 Å². The molecule has 0 radical (unpaired) electrons. The summed E-state index contributed by atoms with van der Waals surface area (Å²) in [5.74, 6) is 0. The molecule has 0 aliphatic rings. The molecular formula is C25H33NOSi. The SMILES string of the molecule is CCCCC/C=C/[C@@H](C#N)O[Si](c1ccccc1)(c1ccccc1)C(C)(C)C. The molecule has 148 valence electrons. The molecule has 1 atom stereocenters. The van der Waals surface area contributed by atoms with Crippen molar-refractivity contribution < 1.29 is 4.43 Å². The third-order valence-electron chi connectivity index (χ3n) is 5.13. The highest BCUT2D eigenvalue weighted by Gasteiger charge is 2.51. The van der Waals surface area contributed by atoms with E-state index in [0.717, 1.165) is 12.8 Å². The van der Waals surface area contributed by atoms with E-state index in [9.17, 15) is 5.26 Å². The van der Waals surface area contributed by atoms with Crippen LogP contribution in [-0.4, -0.2) is 14.4 Å². The van der Waals surface area contributed by atoms with Gasteiger partial charge in [-0.15, -0.1) is 0 Å². The number of hydrogen-bond acceptors (Lipinski definition) is 2. The van der Waals surface area contributed by atoms with Crippen LogP contribution in [-0.2, 0) is 4.43 Å². The Labute approximate surface area is 172 Å². The van der Waals surface area contributed by atoms with E-state index in [2.05, 4.69) is 88.4 Å². The second-order valence-corrected chi connectivity index (χ2v) is 12.5. The minimum atomic E-state index is -2.68. The van der Waals surface area contributed by atoms with E-state index in [4.69, 9.17) is 4.43 Å².